The zero-order valence-corrected chi connectivity index (χ0v) is 10.9. The summed E-state index contributed by atoms with van der Waals surface area (Å²) >= 11 is 0. The standard InChI is InChI=1S/C6H5NO4.C5H3NO5/c1-4(8)5-2-3-6(11-5)7(9)10;7-5(8)3-1-2-4(11-3)6(9)10/h2-3H,1H3;1-2H,(H,7,8). The number of nitrogens with zero attached hydrogens (tertiary/aromatic N) is 2. The highest BCUT2D eigenvalue weighted by Gasteiger charge is 2.15. The van der Waals surface area contributed by atoms with Crippen molar-refractivity contribution in [3.63, 3.8) is 0 Å². The van der Waals surface area contributed by atoms with Crippen molar-refractivity contribution in [3.05, 3.63) is 56.0 Å². The maximum absolute atomic E-state index is 10.6. The lowest BCUT2D eigenvalue weighted by Gasteiger charge is -1.83. The molecule has 0 spiro atoms. The number of ketones is 1. The molecule has 11 heteroatoms. The lowest BCUT2D eigenvalue weighted by molar-refractivity contribution is -0.402. The number of carbonyl (C=O) groups excluding carboxylic acids is 1. The topological polar surface area (TPSA) is 167 Å². The molecule has 2 rings (SSSR count). The van der Waals surface area contributed by atoms with Crippen molar-refractivity contribution < 1.29 is 33.4 Å². The van der Waals surface area contributed by atoms with Gasteiger partial charge in [0, 0.05) is 6.92 Å². The zero-order valence-electron chi connectivity index (χ0n) is 10.9. The van der Waals surface area contributed by atoms with E-state index in [1.165, 1.54) is 13.0 Å². The maximum Gasteiger partial charge on any atom is 0.433 e. The number of Topliss-reactive ketones (excluding diaryl/α,β-unsaturated/α-hetero) is 1. The summed E-state index contributed by atoms with van der Waals surface area (Å²) in [7, 11) is 0. The summed E-state index contributed by atoms with van der Waals surface area (Å²) in [5, 5.41) is 28.3. The SMILES string of the molecule is CC(=O)c1ccc([N+](=O)[O-])o1.O=C(O)c1ccc([N+](=O)[O-])o1. The molecule has 116 valence electrons. The molecule has 0 fully saturated rings. The van der Waals surface area contributed by atoms with Gasteiger partial charge in [0.05, 0.1) is 12.1 Å². The van der Waals surface area contributed by atoms with E-state index in [0.717, 1.165) is 18.2 Å². The van der Waals surface area contributed by atoms with E-state index in [-0.39, 0.29) is 11.5 Å². The van der Waals surface area contributed by atoms with E-state index in [1.807, 2.05) is 0 Å². The third kappa shape index (κ3) is 4.26. The fraction of sp³-hybridized carbons (Fsp3) is 0.0909. The monoisotopic (exact) mass is 312 g/mol. The molecule has 2 aromatic rings. The third-order valence-electron chi connectivity index (χ3n) is 2.10. The van der Waals surface area contributed by atoms with E-state index in [2.05, 4.69) is 8.83 Å². The molecule has 0 aliphatic rings. The summed E-state index contributed by atoms with van der Waals surface area (Å²) in [5.41, 5.74) is 0. The largest absolute Gasteiger partial charge is 0.475 e. The Labute approximate surface area is 121 Å². The van der Waals surface area contributed by atoms with E-state index in [0.29, 0.717) is 0 Å². The van der Waals surface area contributed by atoms with Crippen LogP contribution >= 0.6 is 0 Å². The van der Waals surface area contributed by atoms with Crippen molar-refractivity contribution in [2.45, 2.75) is 6.92 Å². The molecule has 0 aliphatic heterocycles. The molecule has 1 N–H and O–H groups in total. The highest BCUT2D eigenvalue weighted by molar-refractivity contribution is 5.91. The average molecular weight is 312 g/mol. The van der Waals surface area contributed by atoms with Crippen LogP contribution in [0.5, 0.6) is 0 Å². The number of nitro groups is 2. The van der Waals surface area contributed by atoms with Gasteiger partial charge >= 0.3 is 17.7 Å². The molecule has 0 saturated carbocycles. The highest BCUT2D eigenvalue weighted by atomic mass is 16.7. The molecule has 0 unspecified atom stereocenters. The first-order valence-electron chi connectivity index (χ1n) is 5.45. The van der Waals surface area contributed by atoms with Crippen LogP contribution in [0.25, 0.3) is 0 Å². The molecule has 0 aromatic carbocycles. The van der Waals surface area contributed by atoms with Crippen molar-refractivity contribution in [3.8, 4) is 0 Å². The Hall–Kier alpha value is -3.50. The fourth-order valence-electron chi connectivity index (χ4n) is 1.16. The number of rotatable bonds is 4. The summed E-state index contributed by atoms with van der Waals surface area (Å²) in [6.45, 7) is 1.28. The molecule has 0 amide bonds. The van der Waals surface area contributed by atoms with E-state index < -0.39 is 33.3 Å². The van der Waals surface area contributed by atoms with Crippen LogP contribution in [-0.2, 0) is 0 Å². The van der Waals surface area contributed by atoms with Crippen LogP contribution in [0.2, 0.25) is 0 Å². The number of aromatic carboxylic acids is 1. The van der Waals surface area contributed by atoms with Gasteiger partial charge in [-0.25, -0.2) is 4.79 Å². The summed E-state index contributed by atoms with van der Waals surface area (Å²) in [6, 6.07) is 4.45. The summed E-state index contributed by atoms with van der Waals surface area (Å²) in [6.07, 6.45) is 0. The van der Waals surface area contributed by atoms with Gasteiger partial charge < -0.3 is 13.9 Å². The number of carbonyl (C=O) groups is 2. The second-order valence-corrected chi connectivity index (χ2v) is 3.65. The Morgan fingerprint density at radius 1 is 0.955 bits per heavy atom. The van der Waals surface area contributed by atoms with Gasteiger partial charge in [-0.3, -0.25) is 25.0 Å². The zero-order chi connectivity index (χ0) is 16.9. The van der Waals surface area contributed by atoms with Crippen LogP contribution in [0.15, 0.2) is 33.1 Å². The summed E-state index contributed by atoms with van der Waals surface area (Å²) < 4.78 is 8.87. The van der Waals surface area contributed by atoms with Crippen molar-refractivity contribution in [1.29, 1.82) is 0 Å². The lowest BCUT2D eigenvalue weighted by atomic mass is 10.3. The highest BCUT2D eigenvalue weighted by Crippen LogP contribution is 2.15. The van der Waals surface area contributed by atoms with Gasteiger partial charge in [-0.15, -0.1) is 0 Å². The Bertz CT molecular complexity index is 608. The van der Waals surface area contributed by atoms with Gasteiger partial charge in [-0.05, 0) is 12.1 Å². The molecule has 22 heavy (non-hydrogen) atoms. The molecule has 0 saturated heterocycles. The second-order valence-electron chi connectivity index (χ2n) is 3.65. The van der Waals surface area contributed by atoms with Crippen molar-refractivity contribution in [2.75, 3.05) is 0 Å². The van der Waals surface area contributed by atoms with Crippen LogP contribution in [0.1, 0.15) is 28.0 Å². The molecule has 0 radical (unpaired) electrons. The Kier molecular flexibility index (Phi) is 5.11. The lowest BCUT2D eigenvalue weighted by Crippen LogP contribution is -1.92. The molecule has 11 nitrogen and oxygen atoms in total. The molecule has 0 bridgehead atoms. The predicted octanol–water partition coefficient (Wildman–Crippen LogP) is 2.28. The summed E-state index contributed by atoms with van der Waals surface area (Å²) in [5.74, 6) is -3.04. The van der Waals surface area contributed by atoms with Gasteiger partial charge in [0.15, 0.2) is 11.5 Å². The van der Waals surface area contributed by atoms with Crippen LogP contribution in [0, 0.1) is 20.2 Å². The van der Waals surface area contributed by atoms with Crippen LogP contribution in [-0.4, -0.2) is 26.7 Å². The van der Waals surface area contributed by atoms with Gasteiger partial charge in [0.1, 0.15) is 9.85 Å². The summed E-state index contributed by atoms with van der Waals surface area (Å²) in [4.78, 5) is 39.2. The number of hydrogen-bond donors (Lipinski definition) is 1. The first-order valence-corrected chi connectivity index (χ1v) is 5.45. The minimum absolute atomic E-state index is 0.0108. The predicted molar refractivity (Wildman–Crippen MR) is 67.7 cm³/mol. The Balaban J connectivity index is 0.000000220. The molecule has 0 aliphatic carbocycles. The minimum Gasteiger partial charge on any atom is -0.475 e. The minimum atomic E-state index is -1.32. The second kappa shape index (κ2) is 6.78. The quantitative estimate of drug-likeness (QED) is 0.505. The number of hydrogen-bond acceptors (Lipinski definition) is 8. The number of carboxylic acids is 1. The van der Waals surface area contributed by atoms with Crippen LogP contribution < -0.4 is 0 Å². The van der Waals surface area contributed by atoms with Crippen LogP contribution in [0.4, 0.5) is 11.8 Å². The number of furan rings is 2. The van der Waals surface area contributed by atoms with Gasteiger partial charge in [0.25, 0.3) is 0 Å². The molecule has 2 heterocycles. The molecule has 2 aromatic heterocycles. The van der Waals surface area contributed by atoms with E-state index in [1.54, 1.807) is 0 Å². The van der Waals surface area contributed by atoms with E-state index >= 15 is 0 Å². The smallest absolute Gasteiger partial charge is 0.433 e. The first-order chi connectivity index (χ1) is 10.2. The normalized spacial score (nSPS) is 9.50. The maximum atomic E-state index is 10.6. The van der Waals surface area contributed by atoms with E-state index in [9.17, 15) is 29.8 Å². The Morgan fingerprint density at radius 3 is 1.59 bits per heavy atom. The van der Waals surface area contributed by atoms with Gasteiger partial charge in [-0.1, -0.05) is 0 Å². The fourth-order valence-corrected chi connectivity index (χ4v) is 1.16. The van der Waals surface area contributed by atoms with Gasteiger partial charge in [-0.2, -0.15) is 0 Å². The first kappa shape index (κ1) is 16.6. The van der Waals surface area contributed by atoms with Gasteiger partial charge in [0.2, 0.25) is 5.76 Å². The molecular formula is C11H8N2O9. The number of carboxylic acid groups (broad SMARTS) is 1. The van der Waals surface area contributed by atoms with Crippen molar-refractivity contribution in [1.82, 2.24) is 0 Å². The third-order valence-corrected chi connectivity index (χ3v) is 2.10. The molecular weight excluding hydrogens is 304 g/mol. The van der Waals surface area contributed by atoms with Crippen molar-refractivity contribution >= 4 is 23.5 Å². The van der Waals surface area contributed by atoms with Crippen molar-refractivity contribution in [2.24, 2.45) is 0 Å². The molecule has 0 atom stereocenters. The average Bonchev–Trinajstić information content (AvgIpc) is 3.09. The Morgan fingerprint density at radius 2 is 1.36 bits per heavy atom. The van der Waals surface area contributed by atoms with Crippen LogP contribution in [0.3, 0.4) is 0 Å². The van der Waals surface area contributed by atoms with E-state index in [4.69, 9.17) is 5.11 Å².